The normalized spacial score (nSPS) is 15.4. The monoisotopic (exact) mass is 290 g/mol. The Balaban J connectivity index is 2.13. The van der Waals surface area contributed by atoms with Gasteiger partial charge in [0.1, 0.15) is 11.2 Å². The minimum atomic E-state index is -0.482. The Hall–Kier alpha value is -1.94. The van der Waals surface area contributed by atoms with Gasteiger partial charge in [-0.2, -0.15) is 10.4 Å². The standard InChI is InChI=1S/C13H11ClN4O2/c1-8-6-9(7-15)17-18(8)12-10(2-3-11(14)16-12)13-19-4-5-20-13/h2-3,6,13H,4-5H2,1H3. The summed E-state index contributed by atoms with van der Waals surface area (Å²) in [5, 5.41) is 13.5. The number of nitrogens with zero attached hydrogens (tertiary/aromatic N) is 4. The Kier molecular flexibility index (Phi) is 3.40. The summed E-state index contributed by atoms with van der Waals surface area (Å²) in [6.07, 6.45) is -0.482. The highest BCUT2D eigenvalue weighted by atomic mass is 35.5. The lowest BCUT2D eigenvalue weighted by Crippen LogP contribution is -2.10. The van der Waals surface area contributed by atoms with Crippen molar-refractivity contribution in [2.45, 2.75) is 13.2 Å². The summed E-state index contributed by atoms with van der Waals surface area (Å²) in [7, 11) is 0. The number of rotatable bonds is 2. The Labute approximate surface area is 120 Å². The number of halogens is 1. The van der Waals surface area contributed by atoms with E-state index in [2.05, 4.69) is 10.1 Å². The van der Waals surface area contributed by atoms with Crippen LogP contribution in [-0.4, -0.2) is 28.0 Å². The highest BCUT2D eigenvalue weighted by Gasteiger charge is 2.24. The molecule has 0 N–H and O–H groups in total. The van der Waals surface area contributed by atoms with Gasteiger partial charge in [0.2, 0.25) is 0 Å². The molecular formula is C13H11ClN4O2. The van der Waals surface area contributed by atoms with E-state index in [9.17, 15) is 0 Å². The molecular weight excluding hydrogens is 280 g/mol. The van der Waals surface area contributed by atoms with E-state index in [0.717, 1.165) is 11.3 Å². The minimum Gasteiger partial charge on any atom is -0.346 e. The van der Waals surface area contributed by atoms with Crippen LogP contribution in [0.1, 0.15) is 23.2 Å². The van der Waals surface area contributed by atoms with Crippen molar-refractivity contribution in [1.29, 1.82) is 5.26 Å². The molecule has 3 heterocycles. The molecule has 0 unspecified atom stereocenters. The van der Waals surface area contributed by atoms with Crippen molar-refractivity contribution >= 4 is 11.6 Å². The van der Waals surface area contributed by atoms with E-state index in [1.807, 2.05) is 13.0 Å². The van der Waals surface area contributed by atoms with Gasteiger partial charge in [0, 0.05) is 5.69 Å². The molecule has 3 rings (SSSR count). The maximum absolute atomic E-state index is 8.94. The summed E-state index contributed by atoms with van der Waals surface area (Å²) in [6.45, 7) is 2.92. The Bertz CT molecular complexity index is 686. The van der Waals surface area contributed by atoms with Gasteiger partial charge in [-0.15, -0.1) is 0 Å². The van der Waals surface area contributed by atoms with Crippen LogP contribution in [0.15, 0.2) is 18.2 Å². The summed E-state index contributed by atoms with van der Waals surface area (Å²) < 4.78 is 12.6. The number of hydrogen-bond acceptors (Lipinski definition) is 5. The molecule has 6 nitrogen and oxygen atoms in total. The van der Waals surface area contributed by atoms with Gasteiger partial charge in [0.05, 0.1) is 18.8 Å². The Morgan fingerprint density at radius 3 is 2.80 bits per heavy atom. The average molecular weight is 291 g/mol. The van der Waals surface area contributed by atoms with E-state index in [1.54, 1.807) is 22.9 Å². The lowest BCUT2D eigenvalue weighted by atomic mass is 10.2. The van der Waals surface area contributed by atoms with Crippen molar-refractivity contribution in [3.8, 4) is 11.9 Å². The van der Waals surface area contributed by atoms with E-state index in [0.29, 0.717) is 29.9 Å². The summed E-state index contributed by atoms with van der Waals surface area (Å²) in [4.78, 5) is 4.29. The quantitative estimate of drug-likeness (QED) is 0.792. The predicted octanol–water partition coefficient (Wildman–Crippen LogP) is 2.15. The van der Waals surface area contributed by atoms with Crippen molar-refractivity contribution < 1.29 is 9.47 Å². The van der Waals surface area contributed by atoms with E-state index in [4.69, 9.17) is 26.3 Å². The zero-order chi connectivity index (χ0) is 14.1. The fraction of sp³-hybridized carbons (Fsp3) is 0.308. The van der Waals surface area contributed by atoms with E-state index in [-0.39, 0.29) is 0 Å². The topological polar surface area (TPSA) is 73.0 Å². The Morgan fingerprint density at radius 2 is 2.15 bits per heavy atom. The molecule has 0 amide bonds. The van der Waals surface area contributed by atoms with E-state index < -0.39 is 6.29 Å². The lowest BCUT2D eigenvalue weighted by Gasteiger charge is -2.14. The molecule has 7 heteroatoms. The first-order valence-corrected chi connectivity index (χ1v) is 6.43. The smallest absolute Gasteiger partial charge is 0.187 e. The predicted molar refractivity (Wildman–Crippen MR) is 70.5 cm³/mol. The molecule has 2 aromatic rings. The second kappa shape index (κ2) is 5.21. The lowest BCUT2D eigenvalue weighted by molar-refractivity contribution is -0.0443. The maximum Gasteiger partial charge on any atom is 0.187 e. The highest BCUT2D eigenvalue weighted by Crippen LogP contribution is 2.29. The average Bonchev–Trinajstić information content (AvgIpc) is 3.07. The van der Waals surface area contributed by atoms with Crippen LogP contribution in [0.4, 0.5) is 0 Å². The summed E-state index contributed by atoms with van der Waals surface area (Å²) in [6, 6.07) is 7.17. The third-order valence-corrected chi connectivity index (χ3v) is 3.16. The van der Waals surface area contributed by atoms with Gasteiger partial charge in [0.15, 0.2) is 17.8 Å². The van der Waals surface area contributed by atoms with Crippen LogP contribution in [0.5, 0.6) is 0 Å². The maximum atomic E-state index is 8.94. The zero-order valence-corrected chi connectivity index (χ0v) is 11.5. The third kappa shape index (κ3) is 2.27. The van der Waals surface area contributed by atoms with Crippen molar-refractivity contribution in [2.24, 2.45) is 0 Å². The first-order chi connectivity index (χ1) is 9.69. The van der Waals surface area contributed by atoms with E-state index >= 15 is 0 Å². The third-order valence-electron chi connectivity index (χ3n) is 2.95. The van der Waals surface area contributed by atoms with Crippen LogP contribution in [0.25, 0.3) is 5.82 Å². The second-order valence-electron chi connectivity index (χ2n) is 4.31. The molecule has 0 bridgehead atoms. The SMILES string of the molecule is Cc1cc(C#N)nn1-c1nc(Cl)ccc1C1OCCO1. The molecule has 0 spiro atoms. The number of aryl methyl sites for hydroxylation is 1. The molecule has 20 heavy (non-hydrogen) atoms. The minimum absolute atomic E-state index is 0.323. The van der Waals surface area contributed by atoms with Crippen molar-refractivity contribution in [3.05, 3.63) is 40.3 Å². The van der Waals surface area contributed by atoms with Crippen LogP contribution in [0.2, 0.25) is 5.15 Å². The molecule has 0 atom stereocenters. The molecule has 0 aliphatic carbocycles. The first-order valence-electron chi connectivity index (χ1n) is 6.06. The number of pyridine rings is 1. The van der Waals surface area contributed by atoms with Crippen LogP contribution >= 0.6 is 11.6 Å². The number of aromatic nitrogens is 3. The molecule has 0 aromatic carbocycles. The fourth-order valence-corrected chi connectivity index (χ4v) is 2.21. The van der Waals surface area contributed by atoms with Gasteiger partial charge in [-0.25, -0.2) is 9.67 Å². The molecule has 1 fully saturated rings. The molecule has 0 radical (unpaired) electrons. The van der Waals surface area contributed by atoms with Gasteiger partial charge >= 0.3 is 0 Å². The molecule has 1 aliphatic rings. The van der Waals surface area contributed by atoms with Gasteiger partial charge in [-0.3, -0.25) is 0 Å². The molecule has 0 saturated carbocycles. The van der Waals surface area contributed by atoms with Crippen LogP contribution < -0.4 is 0 Å². The van der Waals surface area contributed by atoms with Crippen LogP contribution in [0, 0.1) is 18.3 Å². The summed E-state index contributed by atoms with van der Waals surface area (Å²) in [5.41, 5.74) is 1.85. The number of ether oxygens (including phenoxy) is 2. The number of hydrogen-bond donors (Lipinski definition) is 0. The number of nitriles is 1. The van der Waals surface area contributed by atoms with Gasteiger partial charge in [0.25, 0.3) is 0 Å². The van der Waals surface area contributed by atoms with Crippen molar-refractivity contribution in [1.82, 2.24) is 14.8 Å². The van der Waals surface area contributed by atoms with Gasteiger partial charge in [-0.05, 0) is 25.1 Å². The zero-order valence-electron chi connectivity index (χ0n) is 10.7. The van der Waals surface area contributed by atoms with E-state index in [1.165, 1.54) is 0 Å². The fourth-order valence-electron chi connectivity index (χ4n) is 2.07. The van der Waals surface area contributed by atoms with Crippen molar-refractivity contribution in [3.63, 3.8) is 0 Å². The Morgan fingerprint density at radius 1 is 1.40 bits per heavy atom. The first kappa shape index (κ1) is 13.1. The summed E-state index contributed by atoms with van der Waals surface area (Å²) >= 11 is 5.97. The largest absolute Gasteiger partial charge is 0.346 e. The molecule has 1 saturated heterocycles. The molecule has 2 aromatic heterocycles. The van der Waals surface area contributed by atoms with Gasteiger partial charge < -0.3 is 9.47 Å². The van der Waals surface area contributed by atoms with Crippen LogP contribution in [0.3, 0.4) is 0 Å². The summed E-state index contributed by atoms with van der Waals surface area (Å²) in [5.74, 6) is 0.517. The molecule has 1 aliphatic heterocycles. The molecule has 102 valence electrons. The van der Waals surface area contributed by atoms with Gasteiger partial charge in [-0.1, -0.05) is 11.6 Å². The van der Waals surface area contributed by atoms with Crippen molar-refractivity contribution in [2.75, 3.05) is 13.2 Å². The van der Waals surface area contributed by atoms with Crippen LogP contribution in [-0.2, 0) is 9.47 Å². The highest BCUT2D eigenvalue weighted by molar-refractivity contribution is 6.29. The second-order valence-corrected chi connectivity index (χ2v) is 4.70.